The van der Waals surface area contributed by atoms with Gasteiger partial charge in [-0.15, -0.1) is 0 Å². The zero-order chi connectivity index (χ0) is 13.0. The second-order valence-corrected chi connectivity index (χ2v) is 6.08. The monoisotopic (exact) mass is 265 g/mol. The van der Waals surface area contributed by atoms with Crippen molar-refractivity contribution in [3.8, 4) is 0 Å². The molecule has 1 saturated carbocycles. The van der Waals surface area contributed by atoms with Gasteiger partial charge in [-0.2, -0.15) is 0 Å². The van der Waals surface area contributed by atoms with E-state index in [4.69, 9.17) is 11.6 Å². The predicted octanol–water partition coefficient (Wildman–Crippen LogP) is 4.47. The summed E-state index contributed by atoms with van der Waals surface area (Å²) in [5.74, 6) is 2.28. The van der Waals surface area contributed by atoms with Crippen LogP contribution in [-0.4, -0.2) is 13.1 Å². The van der Waals surface area contributed by atoms with E-state index < -0.39 is 0 Å². The molecule has 0 heterocycles. The standard InChI is InChI=1S/C16H24ClN/c1-3-18-11-14-8-7-12(2)9-16(14)13-5-4-6-15(17)10-13/h4-6,10,12,14,16,18H,3,7-9,11H2,1-2H3. The van der Waals surface area contributed by atoms with Crippen LogP contribution in [0.1, 0.15) is 44.6 Å². The summed E-state index contributed by atoms with van der Waals surface area (Å²) >= 11 is 6.14. The van der Waals surface area contributed by atoms with Crippen LogP contribution in [0.25, 0.3) is 0 Å². The highest BCUT2D eigenvalue weighted by molar-refractivity contribution is 6.30. The molecule has 1 nitrogen and oxygen atoms in total. The zero-order valence-electron chi connectivity index (χ0n) is 11.5. The summed E-state index contributed by atoms with van der Waals surface area (Å²) in [5.41, 5.74) is 1.43. The molecule has 0 bridgehead atoms. The molecule has 3 atom stereocenters. The number of benzene rings is 1. The van der Waals surface area contributed by atoms with Crippen LogP contribution in [0, 0.1) is 11.8 Å². The molecule has 1 aromatic carbocycles. The van der Waals surface area contributed by atoms with Crippen LogP contribution in [0.3, 0.4) is 0 Å². The van der Waals surface area contributed by atoms with Gasteiger partial charge in [0.1, 0.15) is 0 Å². The minimum absolute atomic E-state index is 0.673. The highest BCUT2D eigenvalue weighted by atomic mass is 35.5. The Morgan fingerprint density at radius 3 is 2.89 bits per heavy atom. The van der Waals surface area contributed by atoms with Gasteiger partial charge < -0.3 is 5.32 Å². The second-order valence-electron chi connectivity index (χ2n) is 5.65. The van der Waals surface area contributed by atoms with Crippen molar-refractivity contribution in [2.24, 2.45) is 11.8 Å². The fourth-order valence-corrected chi connectivity index (χ4v) is 3.36. The van der Waals surface area contributed by atoms with Gasteiger partial charge in [-0.05, 0) is 61.4 Å². The van der Waals surface area contributed by atoms with Gasteiger partial charge in [-0.3, -0.25) is 0 Å². The minimum atomic E-state index is 0.673. The molecule has 0 aromatic heterocycles. The number of nitrogens with one attached hydrogen (secondary N) is 1. The Kier molecular flexibility index (Phi) is 5.08. The molecule has 0 amide bonds. The van der Waals surface area contributed by atoms with Gasteiger partial charge in [-0.1, -0.05) is 44.0 Å². The highest BCUT2D eigenvalue weighted by Gasteiger charge is 2.29. The Morgan fingerprint density at radius 2 is 2.17 bits per heavy atom. The summed E-state index contributed by atoms with van der Waals surface area (Å²) in [6.45, 7) is 6.76. The van der Waals surface area contributed by atoms with Crippen molar-refractivity contribution < 1.29 is 0 Å². The van der Waals surface area contributed by atoms with Gasteiger partial charge in [0.15, 0.2) is 0 Å². The lowest BCUT2D eigenvalue weighted by atomic mass is 9.71. The molecule has 2 heteroatoms. The minimum Gasteiger partial charge on any atom is -0.317 e. The highest BCUT2D eigenvalue weighted by Crippen LogP contribution is 2.40. The fourth-order valence-electron chi connectivity index (χ4n) is 3.16. The molecule has 1 N–H and O–H groups in total. The molecule has 1 aliphatic carbocycles. The van der Waals surface area contributed by atoms with Gasteiger partial charge >= 0.3 is 0 Å². The van der Waals surface area contributed by atoms with Crippen LogP contribution in [0.2, 0.25) is 5.02 Å². The average Bonchev–Trinajstić information content (AvgIpc) is 2.37. The van der Waals surface area contributed by atoms with E-state index in [1.54, 1.807) is 0 Å². The van der Waals surface area contributed by atoms with Gasteiger partial charge in [0.2, 0.25) is 0 Å². The number of rotatable bonds is 4. The van der Waals surface area contributed by atoms with E-state index >= 15 is 0 Å². The molecule has 1 aromatic rings. The molecule has 1 fully saturated rings. The van der Waals surface area contributed by atoms with E-state index in [9.17, 15) is 0 Å². The van der Waals surface area contributed by atoms with E-state index in [1.165, 1.54) is 24.8 Å². The molecule has 0 radical (unpaired) electrons. The Bertz CT molecular complexity index is 375. The average molecular weight is 266 g/mol. The number of hydrogen-bond acceptors (Lipinski definition) is 1. The maximum atomic E-state index is 6.14. The first-order valence-electron chi connectivity index (χ1n) is 7.17. The third-order valence-corrected chi connectivity index (χ3v) is 4.42. The van der Waals surface area contributed by atoms with Gasteiger partial charge in [0.25, 0.3) is 0 Å². The number of hydrogen-bond donors (Lipinski definition) is 1. The van der Waals surface area contributed by atoms with Crippen molar-refractivity contribution in [1.29, 1.82) is 0 Å². The Labute approximate surface area is 116 Å². The first-order chi connectivity index (χ1) is 8.70. The van der Waals surface area contributed by atoms with Crippen LogP contribution in [0.5, 0.6) is 0 Å². The number of halogens is 1. The topological polar surface area (TPSA) is 12.0 Å². The van der Waals surface area contributed by atoms with E-state index in [0.29, 0.717) is 5.92 Å². The first kappa shape index (κ1) is 13.9. The molecule has 0 aliphatic heterocycles. The zero-order valence-corrected chi connectivity index (χ0v) is 12.2. The van der Waals surface area contributed by atoms with E-state index in [2.05, 4.69) is 37.4 Å². The van der Waals surface area contributed by atoms with Crippen molar-refractivity contribution in [3.05, 3.63) is 34.9 Å². The second kappa shape index (κ2) is 6.58. The van der Waals surface area contributed by atoms with Crippen LogP contribution >= 0.6 is 11.6 Å². The normalized spacial score (nSPS) is 28.3. The maximum Gasteiger partial charge on any atom is 0.0408 e. The summed E-state index contributed by atoms with van der Waals surface area (Å²) < 4.78 is 0. The molecule has 0 saturated heterocycles. The van der Waals surface area contributed by atoms with Crippen molar-refractivity contribution in [2.75, 3.05) is 13.1 Å². The smallest absolute Gasteiger partial charge is 0.0408 e. The largest absolute Gasteiger partial charge is 0.317 e. The van der Waals surface area contributed by atoms with Gasteiger partial charge in [0.05, 0.1) is 0 Å². The van der Waals surface area contributed by atoms with Crippen LogP contribution in [0.4, 0.5) is 0 Å². The molecule has 3 unspecified atom stereocenters. The third kappa shape index (κ3) is 3.49. The Morgan fingerprint density at radius 1 is 1.33 bits per heavy atom. The lowest BCUT2D eigenvalue weighted by Crippen LogP contribution is -2.31. The summed E-state index contributed by atoms with van der Waals surface area (Å²) in [6.07, 6.45) is 4.01. The van der Waals surface area contributed by atoms with Crippen LogP contribution in [-0.2, 0) is 0 Å². The molecule has 1 aliphatic rings. The van der Waals surface area contributed by atoms with Crippen molar-refractivity contribution >= 4 is 11.6 Å². The molecular formula is C16H24ClN. The van der Waals surface area contributed by atoms with Crippen LogP contribution in [0.15, 0.2) is 24.3 Å². The lowest BCUT2D eigenvalue weighted by Gasteiger charge is -2.35. The summed E-state index contributed by atoms with van der Waals surface area (Å²) in [5, 5.41) is 4.38. The molecule has 18 heavy (non-hydrogen) atoms. The maximum absolute atomic E-state index is 6.14. The van der Waals surface area contributed by atoms with Crippen molar-refractivity contribution in [1.82, 2.24) is 5.32 Å². The van der Waals surface area contributed by atoms with E-state index in [0.717, 1.165) is 29.9 Å². The quantitative estimate of drug-likeness (QED) is 0.847. The van der Waals surface area contributed by atoms with Gasteiger partial charge in [-0.25, -0.2) is 0 Å². The summed E-state index contributed by atoms with van der Waals surface area (Å²) in [4.78, 5) is 0. The Balaban J connectivity index is 2.14. The molecule has 2 rings (SSSR count). The predicted molar refractivity (Wildman–Crippen MR) is 79.2 cm³/mol. The molecule has 100 valence electrons. The SMILES string of the molecule is CCNCC1CCC(C)CC1c1cccc(Cl)c1. The summed E-state index contributed by atoms with van der Waals surface area (Å²) in [7, 11) is 0. The first-order valence-corrected chi connectivity index (χ1v) is 7.54. The lowest BCUT2D eigenvalue weighted by molar-refractivity contribution is 0.243. The van der Waals surface area contributed by atoms with E-state index in [-0.39, 0.29) is 0 Å². The van der Waals surface area contributed by atoms with Crippen LogP contribution < -0.4 is 5.32 Å². The van der Waals surface area contributed by atoms with Crippen molar-refractivity contribution in [2.45, 2.75) is 39.0 Å². The third-order valence-electron chi connectivity index (χ3n) is 4.19. The molecule has 0 spiro atoms. The van der Waals surface area contributed by atoms with Gasteiger partial charge in [0, 0.05) is 5.02 Å². The van der Waals surface area contributed by atoms with Crippen molar-refractivity contribution in [3.63, 3.8) is 0 Å². The Hall–Kier alpha value is -0.530. The fraction of sp³-hybridized carbons (Fsp3) is 0.625. The molecular weight excluding hydrogens is 242 g/mol. The van der Waals surface area contributed by atoms with E-state index in [1.807, 2.05) is 6.07 Å². The summed E-state index contributed by atoms with van der Waals surface area (Å²) in [6, 6.07) is 8.45.